The van der Waals surface area contributed by atoms with Gasteiger partial charge in [-0.05, 0) is 43.4 Å². The van der Waals surface area contributed by atoms with E-state index in [9.17, 15) is 0 Å². The highest BCUT2D eigenvalue weighted by molar-refractivity contribution is 5.89. The first-order chi connectivity index (χ1) is 9.76. The molecule has 3 rings (SSSR count). The molecule has 1 fully saturated rings. The molecule has 2 N–H and O–H groups in total. The molecule has 0 radical (unpaired) electrons. The summed E-state index contributed by atoms with van der Waals surface area (Å²) in [5.74, 6) is 2.76. The number of allylic oxidation sites excluding steroid dienone is 1. The average Bonchev–Trinajstić information content (AvgIpc) is 3.27. The fourth-order valence-electron chi connectivity index (χ4n) is 2.04. The van der Waals surface area contributed by atoms with Gasteiger partial charge in [0.25, 0.3) is 0 Å². The van der Waals surface area contributed by atoms with Crippen molar-refractivity contribution < 1.29 is 4.74 Å². The zero-order valence-corrected chi connectivity index (χ0v) is 11.7. The monoisotopic (exact) mass is 269 g/mol. The number of benzene rings is 1. The Morgan fingerprint density at radius 3 is 2.95 bits per heavy atom. The molecule has 1 aromatic carbocycles. The molecule has 2 aromatic rings. The number of nitrogens with two attached hydrogens (primary N) is 1. The average molecular weight is 269 g/mol. The van der Waals surface area contributed by atoms with E-state index < -0.39 is 0 Å². The van der Waals surface area contributed by atoms with Gasteiger partial charge in [-0.2, -0.15) is 0 Å². The lowest BCUT2D eigenvalue weighted by molar-refractivity contribution is 0.300. The molecule has 0 amide bonds. The molecule has 1 aromatic heterocycles. The zero-order chi connectivity index (χ0) is 13.9. The molecule has 0 unspecified atom stereocenters. The number of anilines is 1. The normalized spacial score (nSPS) is 15.1. The summed E-state index contributed by atoms with van der Waals surface area (Å²) >= 11 is 0. The Bertz CT molecular complexity index is 647. The summed E-state index contributed by atoms with van der Waals surface area (Å²) in [7, 11) is 0. The number of nitrogen functional groups attached to an aromatic ring is 1. The molecule has 0 saturated heterocycles. The lowest BCUT2D eigenvalue weighted by Crippen LogP contribution is -2.00. The third-order valence-corrected chi connectivity index (χ3v) is 3.40. The molecule has 1 aliphatic rings. The molecule has 0 aliphatic heterocycles. The van der Waals surface area contributed by atoms with E-state index in [2.05, 4.69) is 16.9 Å². The third-order valence-electron chi connectivity index (χ3n) is 3.40. The van der Waals surface area contributed by atoms with Gasteiger partial charge in [-0.3, -0.25) is 0 Å². The van der Waals surface area contributed by atoms with E-state index in [4.69, 9.17) is 10.5 Å². The van der Waals surface area contributed by atoms with E-state index in [0.29, 0.717) is 11.6 Å². The number of hydrogen-bond acceptors (Lipinski definition) is 4. The predicted molar refractivity (Wildman–Crippen MR) is 81.5 cm³/mol. The Hall–Kier alpha value is -2.10. The summed E-state index contributed by atoms with van der Waals surface area (Å²) in [4.78, 5) is 8.81. The van der Waals surface area contributed by atoms with E-state index in [1.165, 1.54) is 12.8 Å². The van der Waals surface area contributed by atoms with Crippen molar-refractivity contribution in [2.45, 2.75) is 26.2 Å². The molecule has 0 atom stereocenters. The number of hydrogen-bond donors (Lipinski definition) is 1. The molecule has 4 nitrogen and oxygen atoms in total. The van der Waals surface area contributed by atoms with E-state index in [1.807, 2.05) is 30.4 Å². The van der Waals surface area contributed by atoms with Crippen molar-refractivity contribution in [1.82, 2.24) is 9.97 Å². The molecule has 0 spiro atoms. The number of aromatic nitrogens is 2. The highest BCUT2D eigenvalue weighted by Crippen LogP contribution is 2.30. The van der Waals surface area contributed by atoms with Crippen LogP contribution in [0.3, 0.4) is 0 Å². The van der Waals surface area contributed by atoms with Gasteiger partial charge in [-0.15, -0.1) is 0 Å². The van der Waals surface area contributed by atoms with E-state index in [0.717, 1.165) is 35.6 Å². The number of nitrogens with zero attached hydrogens (tertiary/aromatic N) is 2. The van der Waals surface area contributed by atoms with Crippen LogP contribution in [0.5, 0.6) is 5.75 Å². The molecule has 1 aliphatic carbocycles. The third kappa shape index (κ3) is 2.90. The van der Waals surface area contributed by atoms with Crippen LogP contribution < -0.4 is 10.5 Å². The molecule has 104 valence electrons. The summed E-state index contributed by atoms with van der Waals surface area (Å²) in [6, 6.07) is 5.81. The Labute approximate surface area is 118 Å². The van der Waals surface area contributed by atoms with Gasteiger partial charge in [0, 0.05) is 11.5 Å². The van der Waals surface area contributed by atoms with Gasteiger partial charge in [0.05, 0.1) is 12.1 Å². The lowest BCUT2D eigenvalue weighted by atomic mass is 10.2. The van der Waals surface area contributed by atoms with Crippen molar-refractivity contribution >= 4 is 22.8 Å². The van der Waals surface area contributed by atoms with Gasteiger partial charge in [-0.1, -0.05) is 13.0 Å². The highest BCUT2D eigenvalue weighted by atomic mass is 16.5. The Morgan fingerprint density at radius 1 is 1.35 bits per heavy atom. The molecule has 1 saturated carbocycles. The predicted octanol–water partition coefficient (Wildman–Crippen LogP) is 3.42. The van der Waals surface area contributed by atoms with Crippen LogP contribution in [0.2, 0.25) is 0 Å². The van der Waals surface area contributed by atoms with Crippen LogP contribution >= 0.6 is 0 Å². The van der Waals surface area contributed by atoms with Crippen molar-refractivity contribution in [3.8, 4) is 5.75 Å². The first kappa shape index (κ1) is 12.9. The molecular formula is C16H19N3O. The maximum Gasteiger partial charge on any atom is 0.154 e. The van der Waals surface area contributed by atoms with Crippen molar-refractivity contribution in [1.29, 1.82) is 0 Å². The Kier molecular flexibility index (Phi) is 3.54. The summed E-state index contributed by atoms with van der Waals surface area (Å²) in [6.07, 6.45) is 7.44. The highest BCUT2D eigenvalue weighted by Gasteiger charge is 2.21. The largest absolute Gasteiger partial charge is 0.493 e. The maximum absolute atomic E-state index is 5.99. The first-order valence-electron chi connectivity index (χ1n) is 7.13. The second-order valence-corrected chi connectivity index (χ2v) is 5.21. The minimum absolute atomic E-state index is 0.513. The molecule has 1 heterocycles. The topological polar surface area (TPSA) is 61.0 Å². The second kappa shape index (κ2) is 5.49. The van der Waals surface area contributed by atoms with E-state index >= 15 is 0 Å². The number of rotatable bonds is 5. The SMILES string of the molecule is CCC=Cc1nc(N)c2ccc(OCC3CC3)cc2n1. The van der Waals surface area contributed by atoms with Gasteiger partial charge in [-0.25, -0.2) is 9.97 Å². The van der Waals surface area contributed by atoms with Gasteiger partial charge in [0.15, 0.2) is 5.82 Å². The molecule has 0 bridgehead atoms. The van der Waals surface area contributed by atoms with Crippen LogP contribution in [0.25, 0.3) is 17.0 Å². The number of ether oxygens (including phenoxy) is 1. The summed E-state index contributed by atoms with van der Waals surface area (Å²) in [5.41, 5.74) is 6.82. The Morgan fingerprint density at radius 2 is 2.20 bits per heavy atom. The lowest BCUT2D eigenvalue weighted by Gasteiger charge is -2.07. The fourth-order valence-corrected chi connectivity index (χ4v) is 2.04. The summed E-state index contributed by atoms with van der Waals surface area (Å²) in [6.45, 7) is 2.87. The van der Waals surface area contributed by atoms with Crippen LogP contribution in [0, 0.1) is 5.92 Å². The van der Waals surface area contributed by atoms with Crippen molar-refractivity contribution in [3.05, 3.63) is 30.1 Å². The van der Waals surface area contributed by atoms with Crippen molar-refractivity contribution in [2.75, 3.05) is 12.3 Å². The van der Waals surface area contributed by atoms with Crippen LogP contribution in [0.15, 0.2) is 24.3 Å². The second-order valence-electron chi connectivity index (χ2n) is 5.21. The van der Waals surface area contributed by atoms with Gasteiger partial charge >= 0.3 is 0 Å². The molecule has 4 heteroatoms. The van der Waals surface area contributed by atoms with Gasteiger partial charge < -0.3 is 10.5 Å². The van der Waals surface area contributed by atoms with Crippen LogP contribution in [0.4, 0.5) is 5.82 Å². The van der Waals surface area contributed by atoms with Gasteiger partial charge in [0.2, 0.25) is 0 Å². The van der Waals surface area contributed by atoms with Crippen molar-refractivity contribution in [2.24, 2.45) is 5.92 Å². The van der Waals surface area contributed by atoms with E-state index in [1.54, 1.807) is 0 Å². The van der Waals surface area contributed by atoms with Crippen molar-refractivity contribution in [3.63, 3.8) is 0 Å². The summed E-state index contributed by atoms with van der Waals surface area (Å²) in [5, 5.41) is 0.873. The smallest absolute Gasteiger partial charge is 0.154 e. The zero-order valence-electron chi connectivity index (χ0n) is 11.7. The standard InChI is InChI=1S/C16H19N3O/c1-2-3-4-15-18-14-9-12(20-10-11-5-6-11)7-8-13(14)16(17)19-15/h3-4,7-9,11H,2,5-6,10H2,1H3,(H2,17,18,19). The maximum atomic E-state index is 5.99. The van der Waals surface area contributed by atoms with Crippen LogP contribution in [0.1, 0.15) is 32.0 Å². The first-order valence-corrected chi connectivity index (χ1v) is 7.13. The molecule has 20 heavy (non-hydrogen) atoms. The Balaban J connectivity index is 1.91. The van der Waals surface area contributed by atoms with Crippen LogP contribution in [-0.2, 0) is 0 Å². The summed E-state index contributed by atoms with van der Waals surface area (Å²) < 4.78 is 5.78. The quantitative estimate of drug-likeness (QED) is 0.903. The molecular weight excluding hydrogens is 250 g/mol. The number of fused-ring (bicyclic) bond motifs is 1. The van der Waals surface area contributed by atoms with Crippen LogP contribution in [-0.4, -0.2) is 16.6 Å². The minimum Gasteiger partial charge on any atom is -0.493 e. The minimum atomic E-state index is 0.513. The van der Waals surface area contributed by atoms with E-state index in [-0.39, 0.29) is 0 Å². The fraction of sp³-hybridized carbons (Fsp3) is 0.375. The van der Waals surface area contributed by atoms with Gasteiger partial charge in [0.1, 0.15) is 11.6 Å².